The van der Waals surface area contributed by atoms with Crippen molar-refractivity contribution in [1.29, 1.82) is 0 Å². The molecule has 0 saturated heterocycles. The van der Waals surface area contributed by atoms with Crippen LogP contribution in [0.15, 0.2) is 24.3 Å². The lowest BCUT2D eigenvalue weighted by Gasteiger charge is -2.28. The summed E-state index contributed by atoms with van der Waals surface area (Å²) >= 11 is 0. The topological polar surface area (TPSA) is 69.0 Å². The van der Waals surface area contributed by atoms with Gasteiger partial charge in [0.25, 0.3) is 0 Å². The van der Waals surface area contributed by atoms with Crippen molar-refractivity contribution in [2.24, 2.45) is 0 Å². The summed E-state index contributed by atoms with van der Waals surface area (Å²) in [6.45, 7) is 4.63. The number of aromatic nitrogens is 3. The third-order valence-corrected chi connectivity index (χ3v) is 4.30. The van der Waals surface area contributed by atoms with Crippen LogP contribution in [0.5, 0.6) is 0 Å². The largest absolute Gasteiger partial charge is 0.468 e. The van der Waals surface area contributed by atoms with Gasteiger partial charge in [0, 0.05) is 12.5 Å². The summed E-state index contributed by atoms with van der Waals surface area (Å²) in [5.41, 5.74) is 2.03. The van der Waals surface area contributed by atoms with E-state index in [1.54, 1.807) is 0 Å². The molecule has 0 bridgehead atoms. The van der Waals surface area contributed by atoms with Gasteiger partial charge in [-0.25, -0.2) is 14.5 Å². The second-order valence-electron chi connectivity index (χ2n) is 5.97. The first-order valence-corrected chi connectivity index (χ1v) is 7.88. The predicted molar refractivity (Wildman–Crippen MR) is 85.9 cm³/mol. The summed E-state index contributed by atoms with van der Waals surface area (Å²) in [6.07, 6.45) is 1.79. The molecular weight excluding hydrogens is 292 g/mol. The lowest BCUT2D eigenvalue weighted by atomic mass is 9.99. The van der Waals surface area contributed by atoms with Crippen LogP contribution in [-0.2, 0) is 22.5 Å². The van der Waals surface area contributed by atoms with E-state index in [0.29, 0.717) is 0 Å². The number of hydrogen-bond acceptors (Lipinski definition) is 5. The molecule has 6 heteroatoms. The SMILES string of the molecule is COC(=O)C(NC1CCc2nc(C)nn2C1)c1ccccc1C. The Morgan fingerprint density at radius 3 is 2.91 bits per heavy atom. The lowest BCUT2D eigenvalue weighted by Crippen LogP contribution is -2.43. The highest BCUT2D eigenvalue weighted by Crippen LogP contribution is 2.22. The molecule has 6 nitrogen and oxygen atoms in total. The van der Waals surface area contributed by atoms with E-state index in [1.807, 2.05) is 42.8 Å². The number of carbonyl (C=O) groups excluding carboxylic acids is 1. The predicted octanol–water partition coefficient (Wildman–Crippen LogP) is 1.71. The third-order valence-electron chi connectivity index (χ3n) is 4.30. The van der Waals surface area contributed by atoms with E-state index in [1.165, 1.54) is 7.11 Å². The highest BCUT2D eigenvalue weighted by atomic mass is 16.5. The van der Waals surface area contributed by atoms with Crippen LogP contribution < -0.4 is 5.32 Å². The fourth-order valence-electron chi connectivity index (χ4n) is 3.12. The highest BCUT2D eigenvalue weighted by molar-refractivity contribution is 5.78. The molecule has 0 aliphatic carbocycles. The molecule has 1 aromatic carbocycles. The summed E-state index contributed by atoms with van der Waals surface area (Å²) in [5.74, 6) is 1.55. The van der Waals surface area contributed by atoms with Crippen molar-refractivity contribution in [2.45, 2.75) is 45.3 Å². The van der Waals surface area contributed by atoms with E-state index >= 15 is 0 Å². The molecule has 0 saturated carbocycles. The molecule has 122 valence electrons. The Morgan fingerprint density at radius 2 is 2.17 bits per heavy atom. The van der Waals surface area contributed by atoms with Gasteiger partial charge < -0.3 is 4.74 Å². The number of carbonyl (C=O) groups is 1. The molecule has 0 amide bonds. The van der Waals surface area contributed by atoms with Gasteiger partial charge in [0.1, 0.15) is 17.7 Å². The first kappa shape index (κ1) is 15.7. The Morgan fingerprint density at radius 1 is 1.39 bits per heavy atom. The second kappa shape index (κ2) is 6.50. The zero-order valence-corrected chi connectivity index (χ0v) is 13.7. The third kappa shape index (κ3) is 3.27. The number of nitrogens with zero attached hydrogens (tertiary/aromatic N) is 3. The van der Waals surface area contributed by atoms with Gasteiger partial charge in [-0.2, -0.15) is 5.10 Å². The number of esters is 1. The molecule has 2 heterocycles. The first-order valence-electron chi connectivity index (χ1n) is 7.88. The lowest BCUT2D eigenvalue weighted by molar-refractivity contribution is -0.143. The van der Waals surface area contributed by atoms with Gasteiger partial charge in [0.15, 0.2) is 0 Å². The molecule has 2 aromatic rings. The number of benzene rings is 1. The quantitative estimate of drug-likeness (QED) is 0.870. The van der Waals surface area contributed by atoms with Gasteiger partial charge in [-0.1, -0.05) is 24.3 Å². The van der Waals surface area contributed by atoms with E-state index in [0.717, 1.165) is 42.2 Å². The molecule has 0 radical (unpaired) electrons. The number of fused-ring (bicyclic) bond motifs is 1. The van der Waals surface area contributed by atoms with Crippen LogP contribution in [0.1, 0.15) is 35.2 Å². The zero-order chi connectivity index (χ0) is 16.4. The number of methoxy groups -OCH3 is 1. The fourth-order valence-corrected chi connectivity index (χ4v) is 3.12. The minimum absolute atomic E-state index is 0.160. The van der Waals surface area contributed by atoms with E-state index in [-0.39, 0.29) is 12.0 Å². The summed E-state index contributed by atoms with van der Waals surface area (Å²) < 4.78 is 6.93. The minimum atomic E-state index is -0.461. The highest BCUT2D eigenvalue weighted by Gasteiger charge is 2.28. The normalized spacial score (nSPS) is 18.3. The van der Waals surface area contributed by atoms with Gasteiger partial charge in [-0.3, -0.25) is 5.32 Å². The minimum Gasteiger partial charge on any atom is -0.468 e. The maximum Gasteiger partial charge on any atom is 0.327 e. The molecule has 1 aliphatic rings. The van der Waals surface area contributed by atoms with Crippen LogP contribution in [0.3, 0.4) is 0 Å². The van der Waals surface area contributed by atoms with Crippen molar-refractivity contribution < 1.29 is 9.53 Å². The van der Waals surface area contributed by atoms with Crippen LogP contribution in [0.25, 0.3) is 0 Å². The maximum atomic E-state index is 12.3. The number of hydrogen-bond donors (Lipinski definition) is 1. The van der Waals surface area contributed by atoms with Crippen LogP contribution in [-0.4, -0.2) is 33.9 Å². The number of rotatable bonds is 4. The molecule has 2 atom stereocenters. The molecule has 1 aromatic heterocycles. The van der Waals surface area contributed by atoms with Gasteiger partial charge in [0.05, 0.1) is 13.7 Å². The fraction of sp³-hybridized carbons (Fsp3) is 0.471. The van der Waals surface area contributed by atoms with Gasteiger partial charge in [-0.05, 0) is 31.4 Å². The summed E-state index contributed by atoms with van der Waals surface area (Å²) in [7, 11) is 1.43. The molecule has 0 spiro atoms. The zero-order valence-electron chi connectivity index (χ0n) is 13.7. The van der Waals surface area contributed by atoms with E-state index in [2.05, 4.69) is 15.4 Å². The molecule has 2 unspecified atom stereocenters. The maximum absolute atomic E-state index is 12.3. The summed E-state index contributed by atoms with van der Waals surface area (Å²) in [6, 6.07) is 7.59. The van der Waals surface area contributed by atoms with Crippen molar-refractivity contribution in [3.63, 3.8) is 0 Å². The Hall–Kier alpha value is -2.21. The number of nitrogens with one attached hydrogen (secondary N) is 1. The smallest absolute Gasteiger partial charge is 0.327 e. The molecule has 0 fully saturated rings. The van der Waals surface area contributed by atoms with Gasteiger partial charge in [-0.15, -0.1) is 0 Å². The summed E-state index contributed by atoms with van der Waals surface area (Å²) in [4.78, 5) is 16.7. The Kier molecular flexibility index (Phi) is 4.43. The van der Waals surface area contributed by atoms with Crippen LogP contribution in [0, 0.1) is 13.8 Å². The standard InChI is InChI=1S/C17H22N4O2/c1-11-6-4-5-7-14(11)16(17(22)23-3)19-13-8-9-15-18-12(2)20-21(15)10-13/h4-7,13,16,19H,8-10H2,1-3H3. The van der Waals surface area contributed by atoms with Crippen molar-refractivity contribution in [1.82, 2.24) is 20.1 Å². The number of ether oxygens (including phenoxy) is 1. The van der Waals surface area contributed by atoms with Crippen LogP contribution in [0.4, 0.5) is 0 Å². The molecule has 3 rings (SSSR count). The van der Waals surface area contributed by atoms with E-state index in [9.17, 15) is 4.79 Å². The van der Waals surface area contributed by atoms with Crippen LogP contribution >= 0.6 is 0 Å². The van der Waals surface area contributed by atoms with Crippen LogP contribution in [0.2, 0.25) is 0 Å². The Labute approximate surface area is 135 Å². The van der Waals surface area contributed by atoms with Gasteiger partial charge in [0.2, 0.25) is 0 Å². The average molecular weight is 314 g/mol. The van der Waals surface area contributed by atoms with Crippen molar-refractivity contribution in [3.05, 3.63) is 47.0 Å². The Balaban J connectivity index is 1.80. The van der Waals surface area contributed by atoms with Crippen molar-refractivity contribution >= 4 is 5.97 Å². The molecule has 1 N–H and O–H groups in total. The summed E-state index contributed by atoms with van der Waals surface area (Å²) in [5, 5.41) is 7.86. The average Bonchev–Trinajstić information content (AvgIpc) is 2.92. The number of aryl methyl sites for hydroxylation is 3. The monoisotopic (exact) mass is 314 g/mol. The van der Waals surface area contributed by atoms with Crippen molar-refractivity contribution in [2.75, 3.05) is 7.11 Å². The van der Waals surface area contributed by atoms with E-state index < -0.39 is 6.04 Å². The molecular formula is C17H22N4O2. The van der Waals surface area contributed by atoms with E-state index in [4.69, 9.17) is 4.74 Å². The molecule has 23 heavy (non-hydrogen) atoms. The first-order chi connectivity index (χ1) is 11.1. The molecule has 1 aliphatic heterocycles. The Bertz CT molecular complexity index is 710. The van der Waals surface area contributed by atoms with Gasteiger partial charge >= 0.3 is 5.97 Å². The second-order valence-corrected chi connectivity index (χ2v) is 5.97. The van der Waals surface area contributed by atoms with Crippen molar-refractivity contribution in [3.8, 4) is 0 Å².